The Kier molecular flexibility index (Phi) is 5.94. The molecule has 0 fully saturated rings. The maximum atomic E-state index is 12.4. The van der Waals surface area contributed by atoms with Crippen molar-refractivity contribution in [3.63, 3.8) is 0 Å². The van der Waals surface area contributed by atoms with Crippen LogP contribution in [0.5, 0.6) is 0 Å². The molecule has 0 atom stereocenters. The number of likely N-dealkylation sites (N-methyl/N-ethyl adjacent to an activating group) is 1. The van der Waals surface area contributed by atoms with Crippen LogP contribution in [0.3, 0.4) is 0 Å². The zero-order chi connectivity index (χ0) is 16.2. The number of rotatable bonds is 7. The third-order valence-corrected chi connectivity index (χ3v) is 3.93. The molecule has 2 N–H and O–H groups in total. The Labute approximate surface area is 125 Å². The number of nitrogens with two attached hydrogens (primary N) is 1. The highest BCUT2D eigenvalue weighted by molar-refractivity contribution is 7.89. The lowest BCUT2D eigenvalue weighted by molar-refractivity contribution is 0.0698. The molecule has 0 spiro atoms. The molecule has 8 heteroatoms. The summed E-state index contributed by atoms with van der Waals surface area (Å²) in [5.74, 6) is -0.265. The first-order valence-electron chi connectivity index (χ1n) is 6.76. The molecule has 120 valence electrons. The van der Waals surface area contributed by atoms with E-state index in [1.54, 1.807) is 11.6 Å². The number of hydrogen-bond acceptors (Lipinski definition) is 4. The normalized spacial score (nSPS) is 11.9. The van der Waals surface area contributed by atoms with Crippen molar-refractivity contribution in [1.29, 1.82) is 0 Å². The van der Waals surface area contributed by atoms with Crippen molar-refractivity contribution >= 4 is 15.9 Å². The number of nitrogens with zero attached hydrogens (tertiary/aromatic N) is 2. The monoisotopic (exact) mass is 317 g/mol. The molecule has 1 aromatic rings. The molecule has 0 bridgehead atoms. The second kappa shape index (κ2) is 7.06. The van der Waals surface area contributed by atoms with E-state index in [4.69, 9.17) is 9.88 Å². The predicted octanol–water partition coefficient (Wildman–Crippen LogP) is 0.825. The summed E-state index contributed by atoms with van der Waals surface area (Å²) in [6.07, 6.45) is 1.39. The Balaban J connectivity index is 3.05. The van der Waals surface area contributed by atoms with Gasteiger partial charge in [-0.05, 0) is 26.8 Å². The predicted molar refractivity (Wildman–Crippen MR) is 79.6 cm³/mol. The fourth-order valence-corrected chi connectivity index (χ4v) is 2.39. The number of aromatic nitrogens is 1. The number of hydrogen-bond donors (Lipinski definition) is 1. The van der Waals surface area contributed by atoms with Gasteiger partial charge < -0.3 is 14.2 Å². The molecule has 0 aliphatic carbocycles. The van der Waals surface area contributed by atoms with Gasteiger partial charge in [0.25, 0.3) is 5.91 Å². The Morgan fingerprint density at radius 1 is 1.48 bits per heavy atom. The summed E-state index contributed by atoms with van der Waals surface area (Å²) in [7, 11) is -2.19. The Hall–Kier alpha value is -1.38. The van der Waals surface area contributed by atoms with Crippen molar-refractivity contribution in [1.82, 2.24) is 9.47 Å². The summed E-state index contributed by atoms with van der Waals surface area (Å²) < 4.78 is 29.7. The van der Waals surface area contributed by atoms with Crippen molar-refractivity contribution in [3.8, 4) is 0 Å². The van der Waals surface area contributed by atoms with Crippen LogP contribution in [-0.4, -0.2) is 50.6 Å². The van der Waals surface area contributed by atoms with Crippen LogP contribution in [0.25, 0.3) is 0 Å². The fraction of sp³-hybridized carbons (Fsp3) is 0.615. The molecule has 0 saturated carbocycles. The Morgan fingerprint density at radius 3 is 2.57 bits per heavy atom. The standard InChI is InChI=1S/C13H23N3O4S/c1-5-20-7-6-15(4)13(17)12-8-11(21(14,18)19)9-16(12)10(2)3/h8-10H,5-7H2,1-4H3,(H2,14,18,19). The second-order valence-corrected chi connectivity index (χ2v) is 6.59. The molecule has 7 nitrogen and oxygen atoms in total. The topological polar surface area (TPSA) is 94.6 Å². The molecule has 0 aromatic carbocycles. The smallest absolute Gasteiger partial charge is 0.270 e. The van der Waals surface area contributed by atoms with Gasteiger partial charge in [-0.25, -0.2) is 13.6 Å². The van der Waals surface area contributed by atoms with E-state index in [0.29, 0.717) is 25.5 Å². The second-order valence-electron chi connectivity index (χ2n) is 5.03. The van der Waals surface area contributed by atoms with Gasteiger partial charge in [0.15, 0.2) is 0 Å². The van der Waals surface area contributed by atoms with Crippen LogP contribution in [-0.2, 0) is 14.8 Å². The molecular formula is C13H23N3O4S. The first-order chi connectivity index (χ1) is 9.68. The van der Waals surface area contributed by atoms with Gasteiger partial charge in [0.2, 0.25) is 10.0 Å². The van der Waals surface area contributed by atoms with Crippen LogP contribution in [0.1, 0.15) is 37.3 Å². The largest absolute Gasteiger partial charge is 0.380 e. The summed E-state index contributed by atoms with van der Waals surface area (Å²) in [6, 6.07) is 1.26. The quantitative estimate of drug-likeness (QED) is 0.753. The highest BCUT2D eigenvalue weighted by atomic mass is 32.2. The average molecular weight is 317 g/mol. The molecule has 0 saturated heterocycles. The van der Waals surface area contributed by atoms with Crippen LogP contribution in [0.4, 0.5) is 0 Å². The number of ether oxygens (including phenoxy) is 1. The van der Waals surface area contributed by atoms with E-state index in [-0.39, 0.29) is 16.8 Å². The lowest BCUT2D eigenvalue weighted by Crippen LogP contribution is -2.32. The first-order valence-corrected chi connectivity index (χ1v) is 8.31. The van der Waals surface area contributed by atoms with E-state index in [0.717, 1.165) is 0 Å². The maximum Gasteiger partial charge on any atom is 0.270 e. The van der Waals surface area contributed by atoms with Crippen molar-refractivity contribution < 1.29 is 17.9 Å². The SMILES string of the molecule is CCOCCN(C)C(=O)c1cc(S(N)(=O)=O)cn1C(C)C. The van der Waals surface area contributed by atoms with Gasteiger partial charge in [-0.15, -0.1) is 0 Å². The number of sulfonamides is 1. The van der Waals surface area contributed by atoms with Gasteiger partial charge in [-0.3, -0.25) is 4.79 Å². The molecule has 1 heterocycles. The summed E-state index contributed by atoms with van der Waals surface area (Å²) in [5, 5.41) is 5.13. The van der Waals surface area contributed by atoms with E-state index in [1.807, 2.05) is 20.8 Å². The zero-order valence-electron chi connectivity index (χ0n) is 12.9. The maximum absolute atomic E-state index is 12.4. The number of primary sulfonamides is 1. The third kappa shape index (κ3) is 4.55. The molecule has 1 aromatic heterocycles. The molecule has 0 aliphatic rings. The Morgan fingerprint density at radius 2 is 2.10 bits per heavy atom. The lowest BCUT2D eigenvalue weighted by atomic mass is 10.3. The number of carbonyl (C=O) groups is 1. The molecule has 1 rings (SSSR count). The molecule has 0 unspecified atom stereocenters. The Bertz CT molecular complexity index is 593. The first kappa shape index (κ1) is 17.7. The number of amides is 1. The van der Waals surface area contributed by atoms with Gasteiger partial charge >= 0.3 is 0 Å². The van der Waals surface area contributed by atoms with Crippen LogP contribution >= 0.6 is 0 Å². The van der Waals surface area contributed by atoms with Crippen LogP contribution < -0.4 is 5.14 Å². The van der Waals surface area contributed by atoms with E-state index < -0.39 is 10.0 Å². The van der Waals surface area contributed by atoms with Crippen molar-refractivity contribution in [3.05, 3.63) is 18.0 Å². The van der Waals surface area contributed by atoms with Crippen molar-refractivity contribution in [2.75, 3.05) is 26.8 Å². The van der Waals surface area contributed by atoms with Gasteiger partial charge in [0.05, 0.1) is 6.61 Å². The molecule has 0 aliphatic heterocycles. The summed E-state index contributed by atoms with van der Waals surface area (Å²) in [6.45, 7) is 7.06. The van der Waals surface area contributed by atoms with Crippen molar-refractivity contribution in [2.45, 2.75) is 31.7 Å². The highest BCUT2D eigenvalue weighted by Gasteiger charge is 2.22. The van der Waals surface area contributed by atoms with E-state index in [9.17, 15) is 13.2 Å². The van der Waals surface area contributed by atoms with Gasteiger partial charge in [-0.1, -0.05) is 0 Å². The third-order valence-electron chi connectivity index (χ3n) is 3.05. The fourth-order valence-electron chi connectivity index (χ4n) is 1.85. The molecule has 0 radical (unpaired) electrons. The molecular weight excluding hydrogens is 294 g/mol. The minimum atomic E-state index is -3.83. The van der Waals surface area contributed by atoms with Gasteiger partial charge in [0.1, 0.15) is 10.6 Å². The molecule has 1 amide bonds. The van der Waals surface area contributed by atoms with E-state index in [1.165, 1.54) is 17.2 Å². The zero-order valence-corrected chi connectivity index (χ0v) is 13.7. The lowest BCUT2D eigenvalue weighted by Gasteiger charge is -2.19. The van der Waals surface area contributed by atoms with Gasteiger partial charge in [-0.2, -0.15) is 0 Å². The highest BCUT2D eigenvalue weighted by Crippen LogP contribution is 2.19. The van der Waals surface area contributed by atoms with E-state index >= 15 is 0 Å². The average Bonchev–Trinajstić information content (AvgIpc) is 2.83. The van der Waals surface area contributed by atoms with Crippen molar-refractivity contribution in [2.24, 2.45) is 5.14 Å². The van der Waals surface area contributed by atoms with Crippen LogP contribution in [0, 0.1) is 0 Å². The summed E-state index contributed by atoms with van der Waals surface area (Å²) >= 11 is 0. The molecule has 21 heavy (non-hydrogen) atoms. The van der Waals surface area contributed by atoms with E-state index in [2.05, 4.69) is 0 Å². The minimum absolute atomic E-state index is 0.0558. The van der Waals surface area contributed by atoms with Gasteiger partial charge in [0, 0.05) is 32.4 Å². The van der Waals surface area contributed by atoms with Crippen LogP contribution in [0.15, 0.2) is 17.2 Å². The summed E-state index contributed by atoms with van der Waals surface area (Å²) in [5.41, 5.74) is 0.299. The summed E-state index contributed by atoms with van der Waals surface area (Å²) in [4.78, 5) is 13.9. The minimum Gasteiger partial charge on any atom is -0.380 e. The van der Waals surface area contributed by atoms with Crippen LogP contribution in [0.2, 0.25) is 0 Å². The number of carbonyl (C=O) groups excluding carboxylic acids is 1.